The van der Waals surface area contributed by atoms with Crippen LogP contribution in [0.1, 0.15) is 22.3 Å². The van der Waals surface area contributed by atoms with E-state index in [-0.39, 0.29) is 0 Å². The zero-order valence-electron chi connectivity index (χ0n) is 30.9. The summed E-state index contributed by atoms with van der Waals surface area (Å²) in [5.74, 6) is 0. The van der Waals surface area contributed by atoms with Gasteiger partial charge in [0.25, 0.3) is 0 Å². The van der Waals surface area contributed by atoms with Crippen LogP contribution in [0.5, 0.6) is 0 Å². The fourth-order valence-electron chi connectivity index (χ4n) is 10.5. The molecule has 0 amide bonds. The second-order valence-corrected chi connectivity index (χ2v) is 15.6. The summed E-state index contributed by atoms with van der Waals surface area (Å²) >= 11 is 0. The van der Waals surface area contributed by atoms with Crippen LogP contribution in [0.2, 0.25) is 0 Å². The van der Waals surface area contributed by atoms with Crippen molar-refractivity contribution in [3.8, 4) is 44.6 Å². The number of nitrogens with zero attached hydrogens (tertiary/aromatic N) is 2. The van der Waals surface area contributed by atoms with Crippen molar-refractivity contribution in [1.82, 2.24) is 9.97 Å². The van der Waals surface area contributed by atoms with Gasteiger partial charge in [-0.3, -0.25) is 4.98 Å². The number of fused-ring (bicyclic) bond motifs is 20. The molecule has 0 N–H and O–H groups in total. The molecule has 0 radical (unpaired) electrons. The van der Waals surface area contributed by atoms with Crippen LogP contribution in [-0.2, 0) is 5.41 Å². The van der Waals surface area contributed by atoms with Crippen LogP contribution in [0.15, 0.2) is 194 Å². The lowest BCUT2D eigenvalue weighted by Gasteiger charge is -2.32. The van der Waals surface area contributed by atoms with Crippen molar-refractivity contribution >= 4 is 54.1 Å². The molecule has 1 spiro atoms. The van der Waals surface area contributed by atoms with E-state index in [1.165, 1.54) is 88.0 Å². The minimum absolute atomic E-state index is 0.474. The van der Waals surface area contributed by atoms with Gasteiger partial charge in [-0.05, 0) is 106 Å². The topological polar surface area (TPSA) is 25.8 Å². The van der Waals surface area contributed by atoms with Gasteiger partial charge in [-0.15, -0.1) is 0 Å². The summed E-state index contributed by atoms with van der Waals surface area (Å²) in [4.78, 5) is 9.78. The van der Waals surface area contributed by atoms with Crippen LogP contribution in [-0.4, -0.2) is 9.97 Å². The maximum Gasteiger partial charge on any atom is 0.0972 e. The molecule has 0 unspecified atom stereocenters. The number of hydrogen-bond donors (Lipinski definition) is 0. The van der Waals surface area contributed by atoms with Crippen LogP contribution in [0.25, 0.3) is 98.8 Å². The SMILES string of the molecule is c1ccc2c(c1)-c1ccccc1C21c2c(ccc3cc(-c4ccc(-c5ccc6ccc7cccnc7c6n5)cc4)ccc23)-c2c1c1ccccc1c1ccccc21. The van der Waals surface area contributed by atoms with Gasteiger partial charge in [0.15, 0.2) is 0 Å². The summed E-state index contributed by atoms with van der Waals surface area (Å²) in [5.41, 5.74) is 16.7. The van der Waals surface area contributed by atoms with E-state index >= 15 is 0 Å². The number of aromatic nitrogens is 2. The second kappa shape index (κ2) is 11.3. The summed E-state index contributed by atoms with van der Waals surface area (Å²) in [6.07, 6.45) is 1.84. The van der Waals surface area contributed by atoms with Crippen LogP contribution in [0.3, 0.4) is 0 Å². The van der Waals surface area contributed by atoms with E-state index < -0.39 is 5.41 Å². The van der Waals surface area contributed by atoms with Gasteiger partial charge in [0.1, 0.15) is 0 Å². The van der Waals surface area contributed by atoms with Crippen LogP contribution in [0, 0.1) is 0 Å². The summed E-state index contributed by atoms with van der Waals surface area (Å²) < 4.78 is 0. The third-order valence-corrected chi connectivity index (χ3v) is 12.9. The third-order valence-electron chi connectivity index (χ3n) is 12.9. The predicted octanol–water partition coefficient (Wildman–Crippen LogP) is 13.9. The standard InChI is InChI=1S/C55H32N2/c1-3-15-44-40(11-1)41-12-2-4-16-45(41)52-50(44)46-29-26-38-32-37(25-28-39(38)51(46)55(52)47-17-7-5-13-42(47)43-14-6-8-18-48(43)55)33-19-21-34(22-20-33)49-30-27-36-24-23-35-10-9-31-56-53(35)54(36)57-49/h1-32H. The Hall–Kier alpha value is -7.42. The Bertz CT molecular complexity index is 3480. The fraction of sp³-hybridized carbons (Fsp3) is 0.0182. The van der Waals surface area contributed by atoms with Crippen LogP contribution in [0.4, 0.5) is 0 Å². The molecule has 0 saturated heterocycles. The van der Waals surface area contributed by atoms with Crippen molar-refractivity contribution in [1.29, 1.82) is 0 Å². The summed E-state index contributed by atoms with van der Waals surface area (Å²) in [5, 5.41) is 9.98. The molecule has 262 valence electrons. The molecule has 57 heavy (non-hydrogen) atoms. The van der Waals surface area contributed by atoms with Crippen molar-refractivity contribution in [2.45, 2.75) is 5.41 Å². The summed E-state index contributed by atoms with van der Waals surface area (Å²) in [6, 6.07) is 69.6. The van der Waals surface area contributed by atoms with Gasteiger partial charge in [0.2, 0.25) is 0 Å². The molecule has 9 aromatic carbocycles. The number of hydrogen-bond acceptors (Lipinski definition) is 2. The maximum absolute atomic E-state index is 5.11. The molecule has 0 saturated carbocycles. The van der Waals surface area contributed by atoms with E-state index in [2.05, 4.69) is 187 Å². The number of pyridine rings is 2. The Labute approximate surface area is 329 Å². The van der Waals surface area contributed by atoms with Gasteiger partial charge in [-0.1, -0.05) is 170 Å². The highest BCUT2D eigenvalue weighted by Crippen LogP contribution is 2.66. The molecule has 2 aromatic heterocycles. The smallest absolute Gasteiger partial charge is 0.0972 e. The largest absolute Gasteiger partial charge is 0.254 e. The lowest BCUT2D eigenvalue weighted by molar-refractivity contribution is 0.809. The molecule has 2 aliphatic rings. The van der Waals surface area contributed by atoms with E-state index in [0.717, 1.165) is 33.1 Å². The van der Waals surface area contributed by atoms with Crippen LogP contribution >= 0.6 is 0 Å². The highest BCUT2D eigenvalue weighted by atomic mass is 14.7. The predicted molar refractivity (Wildman–Crippen MR) is 237 cm³/mol. The molecule has 2 aliphatic carbocycles. The Kier molecular flexibility index (Phi) is 6.13. The average molecular weight is 721 g/mol. The fourth-order valence-corrected chi connectivity index (χ4v) is 10.5. The normalized spacial score (nSPS) is 13.4. The van der Waals surface area contributed by atoms with E-state index in [4.69, 9.17) is 4.98 Å². The molecular formula is C55H32N2. The van der Waals surface area contributed by atoms with E-state index in [1.807, 2.05) is 12.3 Å². The third kappa shape index (κ3) is 4.04. The molecule has 0 bridgehead atoms. The molecule has 2 heteroatoms. The molecule has 0 aliphatic heterocycles. The zero-order valence-corrected chi connectivity index (χ0v) is 30.9. The minimum atomic E-state index is -0.474. The molecular weight excluding hydrogens is 689 g/mol. The van der Waals surface area contributed by atoms with Crippen molar-refractivity contribution in [2.24, 2.45) is 0 Å². The molecule has 13 rings (SSSR count). The van der Waals surface area contributed by atoms with Gasteiger partial charge >= 0.3 is 0 Å². The zero-order chi connectivity index (χ0) is 37.2. The van der Waals surface area contributed by atoms with Crippen LogP contribution < -0.4 is 0 Å². The Morgan fingerprint density at radius 2 is 0.947 bits per heavy atom. The van der Waals surface area contributed by atoms with Crippen molar-refractivity contribution in [3.05, 3.63) is 217 Å². The molecule has 2 heterocycles. The second-order valence-electron chi connectivity index (χ2n) is 15.6. The van der Waals surface area contributed by atoms with Crippen molar-refractivity contribution in [3.63, 3.8) is 0 Å². The average Bonchev–Trinajstić information content (AvgIpc) is 3.77. The Morgan fingerprint density at radius 3 is 1.72 bits per heavy atom. The van der Waals surface area contributed by atoms with Gasteiger partial charge in [-0.2, -0.15) is 0 Å². The highest BCUT2D eigenvalue weighted by Gasteiger charge is 2.53. The number of benzene rings is 9. The van der Waals surface area contributed by atoms with E-state index in [0.29, 0.717) is 0 Å². The first-order valence-electron chi connectivity index (χ1n) is 19.7. The first kappa shape index (κ1) is 30.9. The van der Waals surface area contributed by atoms with E-state index in [9.17, 15) is 0 Å². The minimum Gasteiger partial charge on any atom is -0.254 e. The molecule has 0 atom stereocenters. The molecule has 2 nitrogen and oxygen atoms in total. The lowest BCUT2D eigenvalue weighted by Crippen LogP contribution is -2.26. The first-order chi connectivity index (χ1) is 28.3. The van der Waals surface area contributed by atoms with Gasteiger partial charge in [0.05, 0.1) is 22.1 Å². The monoisotopic (exact) mass is 720 g/mol. The maximum atomic E-state index is 5.11. The Morgan fingerprint density at radius 1 is 0.351 bits per heavy atom. The first-order valence-corrected chi connectivity index (χ1v) is 19.7. The summed E-state index contributed by atoms with van der Waals surface area (Å²) in [7, 11) is 0. The van der Waals surface area contributed by atoms with Gasteiger partial charge in [0, 0.05) is 22.5 Å². The van der Waals surface area contributed by atoms with Crippen molar-refractivity contribution < 1.29 is 0 Å². The van der Waals surface area contributed by atoms with Gasteiger partial charge < -0.3 is 0 Å². The molecule has 0 fully saturated rings. The highest BCUT2D eigenvalue weighted by molar-refractivity contribution is 6.21. The lowest BCUT2D eigenvalue weighted by atomic mass is 9.68. The van der Waals surface area contributed by atoms with E-state index in [1.54, 1.807) is 0 Å². The van der Waals surface area contributed by atoms with Crippen molar-refractivity contribution in [2.75, 3.05) is 0 Å². The molecule has 11 aromatic rings. The Balaban J connectivity index is 1.02. The summed E-state index contributed by atoms with van der Waals surface area (Å²) in [6.45, 7) is 0. The number of rotatable bonds is 2. The quantitative estimate of drug-likeness (QED) is 0.166. The van der Waals surface area contributed by atoms with Gasteiger partial charge in [-0.25, -0.2) is 4.98 Å².